The number of halogens is 2. The fraction of sp³-hybridized carbons (Fsp3) is 0.625. The van der Waals surface area contributed by atoms with Crippen molar-refractivity contribution in [2.75, 3.05) is 0 Å². The van der Waals surface area contributed by atoms with Gasteiger partial charge < -0.3 is 5.32 Å². The average molecular weight is 300 g/mol. The average Bonchev–Trinajstić information content (AvgIpc) is 2.69. The summed E-state index contributed by atoms with van der Waals surface area (Å²) in [5.41, 5.74) is 1.09. The SMILES string of the molecule is C[C@H](NCc1cccc(Cl)c1Cl)C1CCCCCC1. The highest BCUT2D eigenvalue weighted by molar-refractivity contribution is 6.42. The Morgan fingerprint density at radius 2 is 1.84 bits per heavy atom. The number of hydrogen-bond donors (Lipinski definition) is 1. The molecule has 1 aliphatic carbocycles. The van der Waals surface area contributed by atoms with Crippen LogP contribution in [0.3, 0.4) is 0 Å². The molecule has 2 rings (SSSR count). The van der Waals surface area contributed by atoms with Gasteiger partial charge in [0.05, 0.1) is 10.0 Å². The summed E-state index contributed by atoms with van der Waals surface area (Å²) in [6.07, 6.45) is 8.30. The van der Waals surface area contributed by atoms with E-state index in [1.807, 2.05) is 18.2 Å². The second kappa shape index (κ2) is 7.52. The predicted octanol–water partition coefficient (Wildman–Crippen LogP) is 5.44. The highest BCUT2D eigenvalue weighted by Crippen LogP contribution is 2.27. The molecular formula is C16H23Cl2N. The van der Waals surface area contributed by atoms with E-state index in [-0.39, 0.29) is 0 Å². The molecule has 0 radical (unpaired) electrons. The van der Waals surface area contributed by atoms with E-state index in [1.54, 1.807) is 0 Å². The van der Waals surface area contributed by atoms with Crippen molar-refractivity contribution in [3.05, 3.63) is 33.8 Å². The van der Waals surface area contributed by atoms with E-state index in [1.165, 1.54) is 38.5 Å². The first kappa shape index (κ1) is 15.2. The van der Waals surface area contributed by atoms with Gasteiger partial charge in [0, 0.05) is 12.6 Å². The maximum atomic E-state index is 6.22. The van der Waals surface area contributed by atoms with E-state index in [2.05, 4.69) is 12.2 Å². The highest BCUT2D eigenvalue weighted by atomic mass is 35.5. The van der Waals surface area contributed by atoms with Crippen LogP contribution in [-0.2, 0) is 6.54 Å². The van der Waals surface area contributed by atoms with E-state index in [4.69, 9.17) is 23.2 Å². The highest BCUT2D eigenvalue weighted by Gasteiger charge is 2.18. The zero-order chi connectivity index (χ0) is 13.7. The summed E-state index contributed by atoms with van der Waals surface area (Å²) in [4.78, 5) is 0. The molecule has 0 bridgehead atoms. The van der Waals surface area contributed by atoms with Crippen molar-refractivity contribution < 1.29 is 0 Å². The molecule has 0 unspecified atom stereocenters. The van der Waals surface area contributed by atoms with Crippen molar-refractivity contribution >= 4 is 23.2 Å². The fourth-order valence-corrected chi connectivity index (χ4v) is 3.32. The van der Waals surface area contributed by atoms with Gasteiger partial charge in [-0.15, -0.1) is 0 Å². The van der Waals surface area contributed by atoms with Crippen LogP contribution in [-0.4, -0.2) is 6.04 Å². The summed E-state index contributed by atoms with van der Waals surface area (Å²) in [5, 5.41) is 4.95. The Bertz CT molecular complexity index is 398. The Kier molecular flexibility index (Phi) is 6.00. The van der Waals surface area contributed by atoms with Crippen molar-refractivity contribution in [1.29, 1.82) is 0 Å². The van der Waals surface area contributed by atoms with Crippen LogP contribution in [0.2, 0.25) is 10.0 Å². The third-order valence-electron chi connectivity index (χ3n) is 4.25. The number of rotatable bonds is 4. The molecule has 0 aromatic heterocycles. The molecule has 0 amide bonds. The molecule has 1 N–H and O–H groups in total. The van der Waals surface area contributed by atoms with Crippen molar-refractivity contribution in [1.82, 2.24) is 5.32 Å². The lowest BCUT2D eigenvalue weighted by Gasteiger charge is -2.24. The van der Waals surface area contributed by atoms with E-state index in [9.17, 15) is 0 Å². The number of benzene rings is 1. The van der Waals surface area contributed by atoms with Crippen LogP contribution in [0.4, 0.5) is 0 Å². The van der Waals surface area contributed by atoms with Crippen LogP contribution < -0.4 is 5.32 Å². The first-order chi connectivity index (χ1) is 9.18. The minimum absolute atomic E-state index is 0.549. The molecule has 0 saturated heterocycles. The number of hydrogen-bond acceptors (Lipinski definition) is 1. The molecule has 1 aromatic rings. The second-order valence-electron chi connectivity index (χ2n) is 5.63. The van der Waals surface area contributed by atoms with Crippen LogP contribution in [0, 0.1) is 5.92 Å². The quantitative estimate of drug-likeness (QED) is 0.730. The molecular weight excluding hydrogens is 277 g/mol. The van der Waals surface area contributed by atoms with Gasteiger partial charge in [0.2, 0.25) is 0 Å². The maximum absolute atomic E-state index is 6.22. The van der Waals surface area contributed by atoms with E-state index in [0.29, 0.717) is 16.1 Å². The van der Waals surface area contributed by atoms with Gasteiger partial charge in [0.15, 0.2) is 0 Å². The van der Waals surface area contributed by atoms with Crippen LogP contribution in [0.5, 0.6) is 0 Å². The van der Waals surface area contributed by atoms with Gasteiger partial charge in [0.25, 0.3) is 0 Å². The van der Waals surface area contributed by atoms with Crippen molar-refractivity contribution in [3.8, 4) is 0 Å². The van der Waals surface area contributed by atoms with E-state index < -0.39 is 0 Å². The van der Waals surface area contributed by atoms with Crippen LogP contribution in [0.1, 0.15) is 51.0 Å². The van der Waals surface area contributed by atoms with E-state index in [0.717, 1.165) is 18.0 Å². The van der Waals surface area contributed by atoms with Gasteiger partial charge in [-0.05, 0) is 37.3 Å². The zero-order valence-electron chi connectivity index (χ0n) is 11.6. The van der Waals surface area contributed by atoms with Crippen LogP contribution in [0.15, 0.2) is 18.2 Å². The molecule has 1 aliphatic rings. The Balaban J connectivity index is 1.88. The van der Waals surface area contributed by atoms with Gasteiger partial charge >= 0.3 is 0 Å². The summed E-state index contributed by atoms with van der Waals surface area (Å²) in [6.45, 7) is 3.10. The Morgan fingerprint density at radius 1 is 1.16 bits per heavy atom. The first-order valence-electron chi connectivity index (χ1n) is 7.34. The summed E-state index contributed by atoms with van der Waals surface area (Å²) >= 11 is 12.3. The van der Waals surface area contributed by atoms with Gasteiger partial charge in [-0.3, -0.25) is 0 Å². The molecule has 3 heteroatoms. The molecule has 0 heterocycles. The topological polar surface area (TPSA) is 12.0 Å². The molecule has 0 aliphatic heterocycles. The molecule has 1 fully saturated rings. The first-order valence-corrected chi connectivity index (χ1v) is 8.10. The minimum Gasteiger partial charge on any atom is -0.310 e. The van der Waals surface area contributed by atoms with Gasteiger partial charge in [-0.25, -0.2) is 0 Å². The maximum Gasteiger partial charge on any atom is 0.0637 e. The van der Waals surface area contributed by atoms with Crippen LogP contribution >= 0.6 is 23.2 Å². The standard InChI is InChI=1S/C16H23Cl2N/c1-12(13-7-4-2-3-5-8-13)19-11-14-9-6-10-15(17)16(14)18/h6,9-10,12-13,19H,2-5,7-8,11H2,1H3/t12-/m0/s1. The van der Waals surface area contributed by atoms with Gasteiger partial charge in [-0.2, -0.15) is 0 Å². The van der Waals surface area contributed by atoms with Crippen LogP contribution in [0.25, 0.3) is 0 Å². The van der Waals surface area contributed by atoms with Crippen molar-refractivity contribution in [2.45, 2.75) is 58.0 Å². The molecule has 0 spiro atoms. The predicted molar refractivity (Wildman–Crippen MR) is 84.0 cm³/mol. The molecule has 19 heavy (non-hydrogen) atoms. The van der Waals surface area contributed by atoms with Gasteiger partial charge in [-0.1, -0.05) is 61.0 Å². The summed E-state index contributed by atoms with van der Waals surface area (Å²) in [5.74, 6) is 0.806. The summed E-state index contributed by atoms with van der Waals surface area (Å²) in [7, 11) is 0. The molecule has 1 nitrogen and oxygen atoms in total. The largest absolute Gasteiger partial charge is 0.310 e. The fourth-order valence-electron chi connectivity index (χ4n) is 2.93. The lowest BCUT2D eigenvalue weighted by atomic mass is 9.93. The molecule has 1 saturated carbocycles. The zero-order valence-corrected chi connectivity index (χ0v) is 13.1. The molecule has 106 valence electrons. The number of nitrogens with one attached hydrogen (secondary N) is 1. The smallest absolute Gasteiger partial charge is 0.0637 e. The Hall–Kier alpha value is -0.240. The third kappa shape index (κ3) is 4.37. The second-order valence-corrected chi connectivity index (χ2v) is 6.42. The molecule has 1 atom stereocenters. The Morgan fingerprint density at radius 3 is 2.53 bits per heavy atom. The normalized spacial score (nSPS) is 19.1. The van der Waals surface area contributed by atoms with Crippen molar-refractivity contribution in [3.63, 3.8) is 0 Å². The summed E-state index contributed by atoms with van der Waals surface area (Å²) < 4.78 is 0. The minimum atomic E-state index is 0.549. The molecule has 1 aromatic carbocycles. The van der Waals surface area contributed by atoms with Gasteiger partial charge in [0.1, 0.15) is 0 Å². The monoisotopic (exact) mass is 299 g/mol. The summed E-state index contributed by atoms with van der Waals surface area (Å²) in [6, 6.07) is 6.39. The van der Waals surface area contributed by atoms with E-state index >= 15 is 0 Å². The van der Waals surface area contributed by atoms with Crippen molar-refractivity contribution in [2.24, 2.45) is 5.92 Å². The third-order valence-corrected chi connectivity index (χ3v) is 5.11. The lowest BCUT2D eigenvalue weighted by Crippen LogP contribution is -2.33. The lowest BCUT2D eigenvalue weighted by molar-refractivity contribution is 0.336. The Labute approximate surface area is 126 Å².